The number of benzene rings is 1. The molecule has 3 rings (SSSR count). The lowest BCUT2D eigenvalue weighted by molar-refractivity contribution is 0.0915. The molecule has 0 aliphatic carbocycles. The van der Waals surface area contributed by atoms with E-state index < -0.39 is 0 Å². The first-order valence-corrected chi connectivity index (χ1v) is 10.7. The molecule has 0 radical (unpaired) electrons. The number of thiophene rings is 1. The number of piperidine rings is 1. The van der Waals surface area contributed by atoms with Crippen LogP contribution in [0.4, 0.5) is 0 Å². The molecule has 1 saturated heterocycles. The molecular weight excluding hydrogens is 356 g/mol. The molecule has 2 aromatic rings. The molecule has 0 saturated carbocycles. The lowest BCUT2D eigenvalue weighted by atomic mass is 9.97. The molecule has 5 heteroatoms. The number of amides is 1. The summed E-state index contributed by atoms with van der Waals surface area (Å²) < 4.78 is 5.65. The average Bonchev–Trinajstić information content (AvgIpc) is 3.18. The Balaban J connectivity index is 1.62. The standard InChI is InChI=1S/C22H30N2O2S/c1-16(2)26-19-8-6-18(7-9-19)22(25)23-15-20(21-5-4-14-27-21)24-12-10-17(3)11-13-24/h4-9,14,16-17,20H,10-13,15H2,1-3H3,(H,23,25). The second kappa shape index (κ2) is 9.38. The summed E-state index contributed by atoms with van der Waals surface area (Å²) in [4.78, 5) is 16.5. The molecule has 1 atom stereocenters. The number of hydrogen-bond acceptors (Lipinski definition) is 4. The Morgan fingerprint density at radius 3 is 2.52 bits per heavy atom. The van der Waals surface area contributed by atoms with E-state index in [1.54, 1.807) is 11.3 Å². The van der Waals surface area contributed by atoms with E-state index in [0.717, 1.165) is 24.8 Å². The van der Waals surface area contributed by atoms with E-state index in [0.29, 0.717) is 12.1 Å². The minimum atomic E-state index is -0.0296. The molecule has 1 aliphatic rings. The quantitative estimate of drug-likeness (QED) is 0.747. The number of likely N-dealkylation sites (tertiary alicyclic amines) is 1. The molecule has 4 nitrogen and oxygen atoms in total. The Bertz CT molecular complexity index is 704. The highest BCUT2D eigenvalue weighted by Crippen LogP contribution is 2.29. The fraction of sp³-hybridized carbons (Fsp3) is 0.500. The Kier molecular flexibility index (Phi) is 6.91. The SMILES string of the molecule is CC1CCN(C(CNC(=O)c2ccc(OC(C)C)cc2)c2cccs2)CC1. The molecule has 1 aliphatic heterocycles. The lowest BCUT2D eigenvalue weighted by Gasteiger charge is -2.36. The number of hydrogen-bond donors (Lipinski definition) is 1. The summed E-state index contributed by atoms with van der Waals surface area (Å²) in [5.41, 5.74) is 0.670. The first kappa shape index (κ1) is 19.9. The maximum atomic E-state index is 12.6. The predicted octanol–water partition coefficient (Wildman–Crippen LogP) is 4.74. The van der Waals surface area contributed by atoms with Gasteiger partial charge in [-0.3, -0.25) is 9.69 Å². The summed E-state index contributed by atoms with van der Waals surface area (Å²) in [5.74, 6) is 1.56. The van der Waals surface area contributed by atoms with Gasteiger partial charge in [0.15, 0.2) is 0 Å². The topological polar surface area (TPSA) is 41.6 Å². The van der Waals surface area contributed by atoms with E-state index in [2.05, 4.69) is 34.7 Å². The summed E-state index contributed by atoms with van der Waals surface area (Å²) in [6.07, 6.45) is 2.59. The van der Waals surface area contributed by atoms with Crippen LogP contribution in [0.5, 0.6) is 5.75 Å². The van der Waals surface area contributed by atoms with Gasteiger partial charge in [-0.2, -0.15) is 0 Å². The van der Waals surface area contributed by atoms with Crippen molar-refractivity contribution in [2.45, 2.75) is 45.8 Å². The maximum absolute atomic E-state index is 12.6. The first-order chi connectivity index (χ1) is 13.0. The van der Waals surface area contributed by atoms with E-state index in [1.165, 1.54) is 17.7 Å². The van der Waals surface area contributed by atoms with Crippen molar-refractivity contribution < 1.29 is 9.53 Å². The number of rotatable bonds is 7. The van der Waals surface area contributed by atoms with E-state index >= 15 is 0 Å². The van der Waals surface area contributed by atoms with Crippen molar-refractivity contribution in [3.05, 3.63) is 52.2 Å². The second-order valence-electron chi connectivity index (χ2n) is 7.65. The van der Waals surface area contributed by atoms with Crippen molar-refractivity contribution in [3.8, 4) is 5.75 Å². The molecule has 0 bridgehead atoms. The van der Waals surface area contributed by atoms with Gasteiger partial charge in [-0.1, -0.05) is 13.0 Å². The van der Waals surface area contributed by atoms with Gasteiger partial charge in [0, 0.05) is 17.0 Å². The molecule has 1 aromatic heterocycles. The molecule has 27 heavy (non-hydrogen) atoms. The van der Waals surface area contributed by atoms with Gasteiger partial charge in [0.25, 0.3) is 5.91 Å². The normalized spacial score (nSPS) is 17.0. The van der Waals surface area contributed by atoms with E-state index in [-0.39, 0.29) is 18.1 Å². The van der Waals surface area contributed by atoms with Gasteiger partial charge in [-0.15, -0.1) is 11.3 Å². The molecule has 146 valence electrons. The van der Waals surface area contributed by atoms with Gasteiger partial charge in [0.1, 0.15) is 5.75 Å². The number of nitrogens with zero attached hydrogens (tertiary/aromatic N) is 1. The first-order valence-electron chi connectivity index (χ1n) is 9.85. The maximum Gasteiger partial charge on any atom is 0.251 e. The predicted molar refractivity (Wildman–Crippen MR) is 112 cm³/mol. The Labute approximate surface area is 166 Å². The number of carbonyl (C=O) groups excluding carboxylic acids is 1. The summed E-state index contributed by atoms with van der Waals surface area (Å²) in [7, 11) is 0. The van der Waals surface area contributed by atoms with Crippen LogP contribution in [-0.2, 0) is 0 Å². The van der Waals surface area contributed by atoms with Gasteiger partial charge in [0.05, 0.1) is 12.1 Å². The molecule has 1 aromatic carbocycles. The van der Waals surface area contributed by atoms with Crippen LogP contribution in [0, 0.1) is 5.92 Å². The van der Waals surface area contributed by atoms with Gasteiger partial charge in [-0.25, -0.2) is 0 Å². The van der Waals surface area contributed by atoms with Crippen LogP contribution < -0.4 is 10.1 Å². The van der Waals surface area contributed by atoms with Crippen LogP contribution in [-0.4, -0.2) is 36.5 Å². The summed E-state index contributed by atoms with van der Waals surface area (Å²) >= 11 is 1.77. The van der Waals surface area contributed by atoms with E-state index in [1.807, 2.05) is 38.1 Å². The van der Waals surface area contributed by atoms with Crippen molar-refractivity contribution in [1.82, 2.24) is 10.2 Å². The number of carbonyl (C=O) groups is 1. The van der Waals surface area contributed by atoms with Gasteiger partial charge in [-0.05, 0) is 81.4 Å². The smallest absolute Gasteiger partial charge is 0.251 e. The van der Waals surface area contributed by atoms with Crippen LogP contribution >= 0.6 is 11.3 Å². The van der Waals surface area contributed by atoms with Gasteiger partial charge >= 0.3 is 0 Å². The third kappa shape index (κ3) is 5.56. The van der Waals surface area contributed by atoms with Crippen molar-refractivity contribution in [1.29, 1.82) is 0 Å². The Hall–Kier alpha value is -1.85. The zero-order valence-electron chi connectivity index (χ0n) is 16.5. The van der Waals surface area contributed by atoms with E-state index in [9.17, 15) is 4.79 Å². The highest BCUT2D eigenvalue weighted by Gasteiger charge is 2.25. The summed E-state index contributed by atoms with van der Waals surface area (Å²) in [6, 6.07) is 11.9. The summed E-state index contributed by atoms with van der Waals surface area (Å²) in [6.45, 7) is 9.14. The monoisotopic (exact) mass is 386 g/mol. The van der Waals surface area contributed by atoms with Gasteiger partial charge in [0.2, 0.25) is 0 Å². The number of ether oxygens (including phenoxy) is 1. The zero-order chi connectivity index (χ0) is 19.2. The van der Waals surface area contributed by atoms with Gasteiger partial charge < -0.3 is 10.1 Å². The molecule has 1 N–H and O–H groups in total. The molecule has 1 fully saturated rings. The minimum Gasteiger partial charge on any atom is -0.491 e. The zero-order valence-corrected chi connectivity index (χ0v) is 17.3. The highest BCUT2D eigenvalue weighted by atomic mass is 32.1. The summed E-state index contributed by atoms with van der Waals surface area (Å²) in [5, 5.41) is 5.26. The third-order valence-corrected chi connectivity index (χ3v) is 6.05. The third-order valence-electron chi connectivity index (χ3n) is 5.07. The fourth-order valence-corrected chi connectivity index (χ4v) is 4.34. The number of nitrogens with one attached hydrogen (secondary N) is 1. The van der Waals surface area contributed by atoms with Crippen molar-refractivity contribution in [2.75, 3.05) is 19.6 Å². The van der Waals surface area contributed by atoms with Crippen molar-refractivity contribution in [3.63, 3.8) is 0 Å². The van der Waals surface area contributed by atoms with Crippen LogP contribution in [0.1, 0.15) is 54.9 Å². The molecule has 1 unspecified atom stereocenters. The second-order valence-corrected chi connectivity index (χ2v) is 8.63. The van der Waals surface area contributed by atoms with Crippen LogP contribution in [0.25, 0.3) is 0 Å². The van der Waals surface area contributed by atoms with Crippen LogP contribution in [0.15, 0.2) is 41.8 Å². The average molecular weight is 387 g/mol. The molecule has 1 amide bonds. The minimum absolute atomic E-state index is 0.0296. The van der Waals surface area contributed by atoms with Crippen LogP contribution in [0.3, 0.4) is 0 Å². The molecule has 2 heterocycles. The molecule has 0 spiro atoms. The Morgan fingerprint density at radius 2 is 1.93 bits per heavy atom. The highest BCUT2D eigenvalue weighted by molar-refractivity contribution is 7.10. The van der Waals surface area contributed by atoms with Crippen molar-refractivity contribution in [2.24, 2.45) is 5.92 Å². The van der Waals surface area contributed by atoms with E-state index in [4.69, 9.17) is 4.74 Å². The largest absolute Gasteiger partial charge is 0.491 e. The Morgan fingerprint density at radius 1 is 1.22 bits per heavy atom. The molecular formula is C22H30N2O2S. The van der Waals surface area contributed by atoms with Crippen LogP contribution in [0.2, 0.25) is 0 Å². The lowest BCUT2D eigenvalue weighted by Crippen LogP contribution is -2.41. The fourth-order valence-electron chi connectivity index (χ4n) is 3.48. The van der Waals surface area contributed by atoms with Crippen molar-refractivity contribution >= 4 is 17.2 Å².